The van der Waals surface area contributed by atoms with Crippen LogP contribution >= 0.6 is 0 Å². The van der Waals surface area contributed by atoms with Gasteiger partial charge in [0.25, 0.3) is 0 Å². The lowest BCUT2D eigenvalue weighted by Gasteiger charge is -2.32. The third-order valence-electron chi connectivity index (χ3n) is 5.16. The van der Waals surface area contributed by atoms with Crippen LogP contribution in [0, 0.1) is 0 Å². The maximum atomic E-state index is 13.2. The van der Waals surface area contributed by atoms with Crippen LogP contribution in [0.4, 0.5) is 5.69 Å². The number of hydrogen-bond donors (Lipinski definition) is 0. The molecule has 2 aromatic rings. The third kappa shape index (κ3) is 2.43. The Labute approximate surface area is 151 Å². The monoisotopic (exact) mass is 349 g/mol. The number of carbonyl (C=O) groups excluding carboxylic acids is 3. The molecule has 4 rings (SSSR count). The smallest absolute Gasteiger partial charge is 0.338 e. The Morgan fingerprint density at radius 1 is 0.885 bits per heavy atom. The second-order valence-corrected chi connectivity index (χ2v) is 6.63. The zero-order valence-corrected chi connectivity index (χ0v) is 14.6. The molecule has 2 aromatic carbocycles. The van der Waals surface area contributed by atoms with E-state index in [4.69, 9.17) is 4.74 Å². The predicted octanol–water partition coefficient (Wildman–Crippen LogP) is 3.24. The summed E-state index contributed by atoms with van der Waals surface area (Å²) < 4.78 is 4.84. The Morgan fingerprint density at radius 3 is 2.12 bits per heavy atom. The van der Waals surface area contributed by atoms with E-state index in [2.05, 4.69) is 4.90 Å². The highest BCUT2D eigenvalue weighted by Crippen LogP contribution is 2.37. The van der Waals surface area contributed by atoms with Gasteiger partial charge in [-0.2, -0.15) is 0 Å². The van der Waals surface area contributed by atoms with Gasteiger partial charge in [0.2, 0.25) is 0 Å². The highest BCUT2D eigenvalue weighted by molar-refractivity contribution is 6.32. The van der Waals surface area contributed by atoms with E-state index in [9.17, 15) is 14.4 Å². The van der Waals surface area contributed by atoms with Crippen molar-refractivity contribution in [2.45, 2.75) is 19.3 Å². The van der Waals surface area contributed by atoms with E-state index in [0.717, 1.165) is 38.0 Å². The fraction of sp³-hybridized carbons (Fsp3) is 0.286. The number of nitrogens with zero attached hydrogens (tertiary/aromatic N) is 1. The molecule has 0 bridgehead atoms. The molecule has 1 heterocycles. The summed E-state index contributed by atoms with van der Waals surface area (Å²) in [4.78, 5) is 40.8. The number of hydrogen-bond acceptors (Lipinski definition) is 5. The van der Waals surface area contributed by atoms with Gasteiger partial charge < -0.3 is 9.64 Å². The molecule has 0 saturated carbocycles. The van der Waals surface area contributed by atoms with Crippen molar-refractivity contribution < 1.29 is 19.1 Å². The van der Waals surface area contributed by atoms with E-state index in [1.165, 1.54) is 7.11 Å². The maximum absolute atomic E-state index is 13.2. The van der Waals surface area contributed by atoms with Crippen LogP contribution in [0.3, 0.4) is 0 Å². The molecule has 0 unspecified atom stereocenters. The van der Waals surface area contributed by atoms with Gasteiger partial charge in [0, 0.05) is 29.9 Å². The number of esters is 1. The quantitative estimate of drug-likeness (QED) is 0.665. The normalized spacial score (nSPS) is 16.1. The lowest BCUT2D eigenvalue weighted by atomic mass is 9.80. The predicted molar refractivity (Wildman–Crippen MR) is 97.2 cm³/mol. The molecule has 26 heavy (non-hydrogen) atoms. The Hall–Kier alpha value is -2.95. The van der Waals surface area contributed by atoms with Crippen LogP contribution in [0.1, 0.15) is 61.5 Å². The second kappa shape index (κ2) is 6.41. The minimum atomic E-state index is -0.605. The van der Waals surface area contributed by atoms with Crippen LogP contribution < -0.4 is 4.90 Å². The molecule has 2 aliphatic rings. The Bertz CT molecular complexity index is 926. The molecule has 5 nitrogen and oxygen atoms in total. The molecule has 0 amide bonds. The fourth-order valence-electron chi connectivity index (χ4n) is 3.88. The molecule has 1 saturated heterocycles. The zero-order chi connectivity index (χ0) is 18.3. The van der Waals surface area contributed by atoms with Crippen molar-refractivity contribution in [3.05, 3.63) is 64.2 Å². The van der Waals surface area contributed by atoms with Crippen LogP contribution in [0.5, 0.6) is 0 Å². The lowest BCUT2D eigenvalue weighted by molar-refractivity contribution is 0.0597. The summed E-state index contributed by atoms with van der Waals surface area (Å²) in [5, 5.41) is 0. The van der Waals surface area contributed by atoms with Crippen LogP contribution in [0.25, 0.3) is 0 Å². The number of ketones is 2. The Morgan fingerprint density at radius 2 is 1.50 bits per heavy atom. The summed E-state index contributed by atoms with van der Waals surface area (Å²) in [5.41, 5.74) is 2.12. The standard InChI is InChI=1S/C21H19NO4/c1-26-21(25)15-9-10-16(22-11-5-2-6-12-22)18-17(15)19(23)13-7-3-4-8-14(13)20(18)24/h3-4,7-10H,2,5-6,11-12H2,1H3. The lowest BCUT2D eigenvalue weighted by Crippen LogP contribution is -2.33. The number of piperidine rings is 1. The van der Waals surface area contributed by atoms with Crippen molar-refractivity contribution >= 4 is 23.2 Å². The molecule has 1 aliphatic carbocycles. The first-order chi connectivity index (χ1) is 12.6. The third-order valence-corrected chi connectivity index (χ3v) is 5.16. The minimum Gasteiger partial charge on any atom is -0.465 e. The Balaban J connectivity index is 1.98. The molecule has 0 aromatic heterocycles. The largest absolute Gasteiger partial charge is 0.465 e. The van der Waals surface area contributed by atoms with Gasteiger partial charge in [-0.25, -0.2) is 4.79 Å². The zero-order valence-electron chi connectivity index (χ0n) is 14.6. The molecule has 1 fully saturated rings. The van der Waals surface area contributed by atoms with Gasteiger partial charge in [-0.3, -0.25) is 9.59 Å². The summed E-state index contributed by atoms with van der Waals surface area (Å²) in [7, 11) is 1.27. The van der Waals surface area contributed by atoms with Gasteiger partial charge in [0.05, 0.1) is 23.8 Å². The van der Waals surface area contributed by atoms with Crippen molar-refractivity contribution in [3.63, 3.8) is 0 Å². The summed E-state index contributed by atoms with van der Waals surface area (Å²) >= 11 is 0. The van der Waals surface area contributed by atoms with Crippen LogP contribution in [0.15, 0.2) is 36.4 Å². The number of rotatable bonds is 2. The molecule has 132 valence electrons. The van der Waals surface area contributed by atoms with E-state index < -0.39 is 5.97 Å². The van der Waals surface area contributed by atoms with E-state index in [1.54, 1.807) is 36.4 Å². The molecule has 0 spiro atoms. The van der Waals surface area contributed by atoms with Crippen molar-refractivity contribution in [2.24, 2.45) is 0 Å². The van der Waals surface area contributed by atoms with Crippen LogP contribution in [-0.2, 0) is 4.74 Å². The SMILES string of the molecule is COC(=O)c1ccc(N2CCCCC2)c2c1C(=O)c1ccccc1C2=O. The van der Waals surface area contributed by atoms with E-state index in [1.807, 2.05) is 0 Å². The van der Waals surface area contributed by atoms with Gasteiger partial charge in [-0.1, -0.05) is 24.3 Å². The first-order valence-electron chi connectivity index (χ1n) is 8.82. The van der Waals surface area contributed by atoms with Gasteiger partial charge in [-0.05, 0) is 31.4 Å². The van der Waals surface area contributed by atoms with Gasteiger partial charge in [-0.15, -0.1) is 0 Å². The highest BCUT2D eigenvalue weighted by Gasteiger charge is 2.36. The average Bonchev–Trinajstić information content (AvgIpc) is 2.71. The fourth-order valence-corrected chi connectivity index (χ4v) is 3.88. The summed E-state index contributed by atoms with van der Waals surface area (Å²) in [6, 6.07) is 10.2. The number of ether oxygens (including phenoxy) is 1. The van der Waals surface area contributed by atoms with E-state index in [0.29, 0.717) is 16.7 Å². The first kappa shape index (κ1) is 16.5. The maximum Gasteiger partial charge on any atom is 0.338 e. The molecule has 0 radical (unpaired) electrons. The van der Waals surface area contributed by atoms with E-state index in [-0.39, 0.29) is 22.7 Å². The number of fused-ring (bicyclic) bond motifs is 2. The number of anilines is 1. The minimum absolute atomic E-state index is 0.149. The average molecular weight is 349 g/mol. The molecule has 0 atom stereocenters. The van der Waals surface area contributed by atoms with Gasteiger partial charge in [0.1, 0.15) is 0 Å². The highest BCUT2D eigenvalue weighted by atomic mass is 16.5. The first-order valence-corrected chi connectivity index (χ1v) is 8.82. The van der Waals surface area contributed by atoms with Gasteiger partial charge >= 0.3 is 5.97 Å². The number of carbonyl (C=O) groups is 3. The van der Waals surface area contributed by atoms with Crippen molar-refractivity contribution in [2.75, 3.05) is 25.1 Å². The molecule has 1 aliphatic heterocycles. The Kier molecular flexibility index (Phi) is 4.07. The molecule has 0 N–H and O–H groups in total. The van der Waals surface area contributed by atoms with Crippen molar-refractivity contribution in [3.8, 4) is 0 Å². The number of benzene rings is 2. The summed E-state index contributed by atoms with van der Waals surface area (Å²) in [6.07, 6.45) is 3.26. The molecular formula is C21H19NO4. The number of methoxy groups -OCH3 is 1. The van der Waals surface area contributed by atoms with E-state index >= 15 is 0 Å². The summed E-state index contributed by atoms with van der Waals surface area (Å²) in [6.45, 7) is 1.68. The van der Waals surface area contributed by atoms with Crippen LogP contribution in [-0.4, -0.2) is 37.7 Å². The van der Waals surface area contributed by atoms with Crippen molar-refractivity contribution in [1.82, 2.24) is 0 Å². The summed E-state index contributed by atoms with van der Waals surface area (Å²) in [5.74, 6) is -1.11. The van der Waals surface area contributed by atoms with Gasteiger partial charge in [0.15, 0.2) is 11.6 Å². The second-order valence-electron chi connectivity index (χ2n) is 6.63. The molecule has 5 heteroatoms. The molecular weight excluding hydrogens is 330 g/mol. The van der Waals surface area contributed by atoms with Crippen LogP contribution in [0.2, 0.25) is 0 Å². The van der Waals surface area contributed by atoms with Crippen molar-refractivity contribution in [1.29, 1.82) is 0 Å². The topological polar surface area (TPSA) is 63.7 Å².